The zero-order valence-corrected chi connectivity index (χ0v) is 10.8. The average molecular weight is 286 g/mol. The van der Waals surface area contributed by atoms with Crippen LogP contribution in [0.2, 0.25) is 0 Å². The average Bonchev–Trinajstić information content (AvgIpc) is 2.80. The van der Waals surface area contributed by atoms with Gasteiger partial charge < -0.3 is 10.2 Å². The number of nitrogens with zero attached hydrogens (tertiary/aromatic N) is 2. The molecular weight excluding hydrogens is 275 g/mol. The van der Waals surface area contributed by atoms with Crippen molar-refractivity contribution in [3.8, 4) is 11.5 Å². The van der Waals surface area contributed by atoms with Gasteiger partial charge in [-0.1, -0.05) is 18.2 Å². The lowest BCUT2D eigenvalue weighted by Gasteiger charge is -2.07. The van der Waals surface area contributed by atoms with Crippen molar-refractivity contribution in [2.45, 2.75) is 6.54 Å². The Morgan fingerprint density at radius 1 is 1.14 bits per heavy atom. The lowest BCUT2D eigenvalue weighted by molar-refractivity contribution is 0.0782. The maximum atomic E-state index is 12.8. The van der Waals surface area contributed by atoms with Crippen LogP contribution in [0.5, 0.6) is 11.5 Å². The predicted octanol–water partition coefficient (Wildman–Crippen LogP) is 2.23. The summed E-state index contributed by atoms with van der Waals surface area (Å²) in [5.41, 5.74) is 1.30. The van der Waals surface area contributed by atoms with E-state index in [1.165, 1.54) is 41.6 Å². The van der Waals surface area contributed by atoms with E-state index in [0.29, 0.717) is 11.1 Å². The fourth-order valence-corrected chi connectivity index (χ4v) is 2.13. The molecule has 3 rings (SSSR count). The minimum Gasteiger partial charge on any atom is -0.504 e. The molecule has 0 spiro atoms. The molecule has 2 N–H and O–H groups in total. The van der Waals surface area contributed by atoms with Gasteiger partial charge in [-0.25, -0.2) is 9.40 Å². The number of rotatable bonds is 2. The van der Waals surface area contributed by atoms with E-state index in [-0.39, 0.29) is 23.7 Å². The van der Waals surface area contributed by atoms with E-state index in [2.05, 4.69) is 5.10 Å². The number of amides is 1. The number of fused-ring (bicyclic) bond motifs is 1. The Morgan fingerprint density at radius 3 is 2.57 bits per heavy atom. The van der Waals surface area contributed by atoms with Gasteiger partial charge in [-0.3, -0.25) is 4.79 Å². The summed E-state index contributed by atoms with van der Waals surface area (Å²) in [6.07, 6.45) is 1.43. The monoisotopic (exact) mass is 286 g/mol. The summed E-state index contributed by atoms with van der Waals surface area (Å²) < 4.78 is 12.8. The molecular formula is C15H11FN2O3. The van der Waals surface area contributed by atoms with Crippen LogP contribution < -0.4 is 0 Å². The SMILES string of the molecule is O=C1c2c(ccc(O)c2O)CN1/N=C/c1ccc(F)cc1. The van der Waals surface area contributed by atoms with Crippen LogP contribution in [0.4, 0.5) is 4.39 Å². The highest BCUT2D eigenvalue weighted by atomic mass is 19.1. The normalized spacial score (nSPS) is 14.0. The Hall–Kier alpha value is -2.89. The molecule has 1 aliphatic heterocycles. The van der Waals surface area contributed by atoms with E-state index in [1.54, 1.807) is 6.07 Å². The van der Waals surface area contributed by atoms with Gasteiger partial charge in [0.1, 0.15) is 5.82 Å². The minimum atomic E-state index is -0.489. The van der Waals surface area contributed by atoms with E-state index in [1.807, 2.05) is 0 Å². The second-order valence-electron chi connectivity index (χ2n) is 4.63. The Balaban J connectivity index is 1.85. The van der Waals surface area contributed by atoms with Crippen molar-refractivity contribution in [1.29, 1.82) is 0 Å². The quantitative estimate of drug-likeness (QED) is 0.656. The van der Waals surface area contributed by atoms with Gasteiger partial charge in [-0.15, -0.1) is 0 Å². The van der Waals surface area contributed by atoms with Crippen LogP contribution in [-0.4, -0.2) is 27.3 Å². The minimum absolute atomic E-state index is 0.0613. The van der Waals surface area contributed by atoms with Crippen molar-refractivity contribution in [2.24, 2.45) is 5.10 Å². The van der Waals surface area contributed by atoms with Gasteiger partial charge in [0, 0.05) is 0 Å². The zero-order chi connectivity index (χ0) is 15.0. The number of carbonyl (C=O) groups excluding carboxylic acids is 1. The van der Waals surface area contributed by atoms with Crippen molar-refractivity contribution >= 4 is 12.1 Å². The van der Waals surface area contributed by atoms with Crippen LogP contribution in [0.3, 0.4) is 0 Å². The van der Waals surface area contributed by atoms with Crippen LogP contribution in [0.1, 0.15) is 21.5 Å². The molecule has 0 saturated heterocycles. The molecule has 1 heterocycles. The largest absolute Gasteiger partial charge is 0.504 e. The van der Waals surface area contributed by atoms with E-state index >= 15 is 0 Å². The van der Waals surface area contributed by atoms with Gasteiger partial charge >= 0.3 is 0 Å². The van der Waals surface area contributed by atoms with E-state index in [4.69, 9.17) is 0 Å². The van der Waals surface area contributed by atoms with Crippen LogP contribution in [-0.2, 0) is 6.54 Å². The molecule has 106 valence electrons. The van der Waals surface area contributed by atoms with Crippen molar-refractivity contribution < 1.29 is 19.4 Å². The Morgan fingerprint density at radius 2 is 1.86 bits per heavy atom. The fraction of sp³-hybridized carbons (Fsp3) is 0.0667. The Kier molecular flexibility index (Phi) is 3.06. The van der Waals surface area contributed by atoms with E-state index < -0.39 is 11.7 Å². The van der Waals surface area contributed by atoms with Gasteiger partial charge in [0.05, 0.1) is 18.3 Å². The number of phenols is 2. The van der Waals surface area contributed by atoms with Gasteiger partial charge in [0.25, 0.3) is 5.91 Å². The molecule has 5 nitrogen and oxygen atoms in total. The molecule has 0 radical (unpaired) electrons. The Labute approximate surface area is 119 Å². The number of carbonyl (C=O) groups is 1. The predicted molar refractivity (Wildman–Crippen MR) is 73.6 cm³/mol. The summed E-state index contributed by atoms with van der Waals surface area (Å²) >= 11 is 0. The summed E-state index contributed by atoms with van der Waals surface area (Å²) in [7, 11) is 0. The van der Waals surface area contributed by atoms with Gasteiger partial charge in [0.15, 0.2) is 11.5 Å². The number of hydrazone groups is 1. The van der Waals surface area contributed by atoms with Gasteiger partial charge in [0.2, 0.25) is 0 Å². The highest BCUT2D eigenvalue weighted by Crippen LogP contribution is 2.36. The number of halogens is 1. The molecule has 0 unspecified atom stereocenters. The number of phenolic OH excluding ortho intramolecular Hbond substituents is 2. The first-order valence-corrected chi connectivity index (χ1v) is 6.21. The molecule has 0 fully saturated rings. The standard InChI is InChI=1S/C15H11FN2O3/c16-11-4-1-9(2-5-11)7-17-18-8-10-3-6-12(19)14(20)13(10)15(18)21/h1-7,19-20H,8H2/b17-7+. The number of aromatic hydroxyl groups is 2. The third-order valence-corrected chi connectivity index (χ3v) is 3.23. The second kappa shape index (κ2) is 4.90. The molecule has 0 saturated carbocycles. The Bertz CT molecular complexity index is 741. The summed E-state index contributed by atoms with van der Waals surface area (Å²) in [5, 5.41) is 24.4. The van der Waals surface area contributed by atoms with E-state index in [9.17, 15) is 19.4 Å². The summed E-state index contributed by atoms with van der Waals surface area (Å²) in [6.45, 7) is 0.208. The first-order valence-electron chi connectivity index (χ1n) is 6.21. The van der Waals surface area contributed by atoms with Crippen LogP contribution in [0.25, 0.3) is 0 Å². The highest BCUT2D eigenvalue weighted by molar-refractivity contribution is 6.02. The smallest absolute Gasteiger partial charge is 0.278 e. The molecule has 1 aliphatic rings. The lowest BCUT2D eigenvalue weighted by atomic mass is 10.1. The van der Waals surface area contributed by atoms with E-state index in [0.717, 1.165) is 0 Å². The number of benzene rings is 2. The van der Waals surface area contributed by atoms with Gasteiger partial charge in [-0.05, 0) is 29.3 Å². The molecule has 6 heteroatoms. The highest BCUT2D eigenvalue weighted by Gasteiger charge is 2.31. The van der Waals surface area contributed by atoms with Crippen molar-refractivity contribution in [2.75, 3.05) is 0 Å². The third-order valence-electron chi connectivity index (χ3n) is 3.23. The molecule has 0 aromatic heterocycles. The zero-order valence-electron chi connectivity index (χ0n) is 10.8. The van der Waals surface area contributed by atoms with Gasteiger partial charge in [-0.2, -0.15) is 5.10 Å². The molecule has 1 amide bonds. The topological polar surface area (TPSA) is 73.1 Å². The van der Waals surface area contributed by atoms with Crippen molar-refractivity contribution in [1.82, 2.24) is 5.01 Å². The molecule has 0 aliphatic carbocycles. The molecule has 21 heavy (non-hydrogen) atoms. The van der Waals surface area contributed by atoms with Crippen LogP contribution in [0.15, 0.2) is 41.5 Å². The third kappa shape index (κ3) is 2.31. The molecule has 2 aromatic carbocycles. The number of hydrogen-bond donors (Lipinski definition) is 2. The number of hydrogen-bond acceptors (Lipinski definition) is 4. The molecule has 0 atom stereocenters. The van der Waals surface area contributed by atoms with Crippen molar-refractivity contribution in [3.05, 3.63) is 58.9 Å². The molecule has 0 bridgehead atoms. The first kappa shape index (κ1) is 13.1. The summed E-state index contributed by atoms with van der Waals surface area (Å²) in [4.78, 5) is 12.1. The summed E-state index contributed by atoms with van der Waals surface area (Å²) in [6, 6.07) is 8.56. The first-order chi connectivity index (χ1) is 10.1. The van der Waals surface area contributed by atoms with Crippen molar-refractivity contribution in [3.63, 3.8) is 0 Å². The fourth-order valence-electron chi connectivity index (χ4n) is 2.13. The summed E-state index contributed by atoms with van der Waals surface area (Å²) in [5.74, 6) is -1.61. The van der Waals surface area contributed by atoms with Crippen LogP contribution >= 0.6 is 0 Å². The maximum Gasteiger partial charge on any atom is 0.278 e. The second-order valence-corrected chi connectivity index (χ2v) is 4.63. The molecule has 2 aromatic rings. The van der Waals surface area contributed by atoms with Crippen LogP contribution in [0, 0.1) is 5.82 Å². The maximum absolute atomic E-state index is 12.8. The lowest BCUT2D eigenvalue weighted by Crippen LogP contribution is -2.17.